The summed E-state index contributed by atoms with van der Waals surface area (Å²) in [5.41, 5.74) is 4.00. The fourth-order valence-electron chi connectivity index (χ4n) is 4.48. The number of nitrogens with one attached hydrogen (secondary N) is 2. The molecule has 2 aromatic carbocycles. The largest absolute Gasteiger partial charge is 0.449 e. The average molecular weight is 497 g/mol. The number of carbonyl (C=O) groups is 2. The van der Waals surface area contributed by atoms with Crippen molar-refractivity contribution in [1.82, 2.24) is 9.97 Å². The first-order valence-corrected chi connectivity index (χ1v) is 12.6. The number of aromatic nitrogens is 2. The Morgan fingerprint density at radius 3 is 2.67 bits per heavy atom. The highest BCUT2D eigenvalue weighted by Crippen LogP contribution is 2.42. The molecule has 1 amide bonds. The molecular weight excluding hydrogens is 472 g/mol. The molecule has 36 heavy (non-hydrogen) atoms. The van der Waals surface area contributed by atoms with Gasteiger partial charge in [-0.15, -0.1) is 11.3 Å². The van der Waals surface area contributed by atoms with Gasteiger partial charge in [0.2, 0.25) is 0 Å². The first-order chi connectivity index (χ1) is 17.5. The predicted octanol–water partition coefficient (Wildman–Crippen LogP) is 5.47. The van der Waals surface area contributed by atoms with Crippen molar-refractivity contribution in [3.8, 4) is 17.5 Å². The van der Waals surface area contributed by atoms with Crippen molar-refractivity contribution >= 4 is 28.2 Å². The third-order valence-electron chi connectivity index (χ3n) is 6.43. The van der Waals surface area contributed by atoms with Crippen molar-refractivity contribution in [1.29, 1.82) is 5.26 Å². The number of imidazole rings is 1. The third kappa shape index (κ3) is 4.79. The SMILES string of the molecule is CC(OC(=O)c1ccc(-c2ncc[nH]2)cc1)C(=O)Nc1sc2c(c1C#N)CCC(c1ccccc1)C2. The Labute approximate surface area is 212 Å². The van der Waals surface area contributed by atoms with E-state index in [1.54, 1.807) is 36.7 Å². The molecule has 5 rings (SSSR count). The van der Waals surface area contributed by atoms with Crippen LogP contribution in [-0.4, -0.2) is 27.9 Å². The quantitative estimate of drug-likeness (QED) is 0.344. The van der Waals surface area contributed by atoms with Gasteiger partial charge in [0, 0.05) is 22.8 Å². The molecule has 4 aromatic rings. The minimum Gasteiger partial charge on any atom is -0.449 e. The number of benzene rings is 2. The minimum atomic E-state index is -1.02. The topological polar surface area (TPSA) is 108 Å². The fraction of sp³-hybridized carbons (Fsp3) is 0.214. The molecule has 1 aliphatic rings. The van der Waals surface area contributed by atoms with E-state index in [1.165, 1.54) is 23.8 Å². The van der Waals surface area contributed by atoms with E-state index in [-0.39, 0.29) is 0 Å². The molecule has 0 saturated carbocycles. The number of rotatable bonds is 6. The molecule has 0 radical (unpaired) electrons. The Balaban J connectivity index is 1.24. The van der Waals surface area contributed by atoms with Crippen LogP contribution in [0.5, 0.6) is 0 Å². The molecule has 0 saturated heterocycles. The van der Waals surface area contributed by atoms with Gasteiger partial charge in [-0.1, -0.05) is 42.5 Å². The monoisotopic (exact) mass is 496 g/mol. The van der Waals surface area contributed by atoms with Gasteiger partial charge in [-0.3, -0.25) is 4.79 Å². The lowest BCUT2D eigenvalue weighted by atomic mass is 9.83. The normalized spacial score (nSPS) is 15.4. The maximum atomic E-state index is 12.9. The van der Waals surface area contributed by atoms with E-state index in [0.717, 1.165) is 35.3 Å². The van der Waals surface area contributed by atoms with Gasteiger partial charge in [0.05, 0.1) is 11.1 Å². The van der Waals surface area contributed by atoms with E-state index in [1.807, 2.05) is 18.2 Å². The number of thiophene rings is 1. The standard InChI is InChI=1S/C28H24N4O3S/c1-17(35-28(34)20-9-7-19(8-10-20)25-30-13-14-31-25)26(33)32-27-23(16-29)22-12-11-21(15-24(22)36-27)18-5-3-2-4-6-18/h2-10,13-14,17,21H,11-12,15H2,1H3,(H,30,31)(H,32,33). The molecule has 2 aromatic heterocycles. The summed E-state index contributed by atoms with van der Waals surface area (Å²) in [7, 11) is 0. The number of carbonyl (C=O) groups excluding carboxylic acids is 2. The highest BCUT2D eigenvalue weighted by atomic mass is 32.1. The van der Waals surface area contributed by atoms with Gasteiger partial charge in [0.25, 0.3) is 5.91 Å². The molecule has 2 atom stereocenters. The number of nitriles is 1. The van der Waals surface area contributed by atoms with E-state index in [4.69, 9.17) is 4.74 Å². The Morgan fingerprint density at radius 2 is 1.97 bits per heavy atom. The zero-order chi connectivity index (χ0) is 25.1. The molecule has 8 heteroatoms. The minimum absolute atomic E-state index is 0.334. The van der Waals surface area contributed by atoms with Crippen LogP contribution in [0.15, 0.2) is 67.0 Å². The van der Waals surface area contributed by atoms with Crippen molar-refractivity contribution in [2.24, 2.45) is 0 Å². The molecule has 2 N–H and O–H groups in total. The number of anilines is 1. The Bertz CT molecular complexity index is 1420. The highest BCUT2D eigenvalue weighted by Gasteiger charge is 2.28. The van der Waals surface area contributed by atoms with E-state index in [9.17, 15) is 14.9 Å². The van der Waals surface area contributed by atoms with Gasteiger partial charge in [-0.25, -0.2) is 9.78 Å². The Morgan fingerprint density at radius 1 is 1.19 bits per heavy atom. The van der Waals surface area contributed by atoms with Crippen molar-refractivity contribution in [2.45, 2.75) is 38.2 Å². The number of hydrogen-bond acceptors (Lipinski definition) is 6. The first kappa shape index (κ1) is 23.5. The first-order valence-electron chi connectivity index (χ1n) is 11.7. The summed E-state index contributed by atoms with van der Waals surface area (Å²) < 4.78 is 5.40. The van der Waals surface area contributed by atoms with Crippen LogP contribution in [-0.2, 0) is 22.4 Å². The van der Waals surface area contributed by atoms with Gasteiger partial charge < -0.3 is 15.0 Å². The molecule has 0 aliphatic heterocycles. The molecule has 180 valence electrons. The Kier molecular flexibility index (Phi) is 6.65. The maximum absolute atomic E-state index is 12.9. The summed E-state index contributed by atoms with van der Waals surface area (Å²) in [5.74, 6) is 0.0294. The van der Waals surface area contributed by atoms with Crippen LogP contribution in [0.1, 0.15) is 51.2 Å². The zero-order valence-electron chi connectivity index (χ0n) is 19.7. The number of aromatic amines is 1. The molecule has 2 heterocycles. The van der Waals surface area contributed by atoms with Crippen LogP contribution in [0.4, 0.5) is 5.00 Å². The summed E-state index contributed by atoms with van der Waals surface area (Å²) in [6.07, 6.45) is 4.95. The molecule has 7 nitrogen and oxygen atoms in total. The summed E-state index contributed by atoms with van der Waals surface area (Å²) in [4.78, 5) is 33.8. The number of H-pyrrole nitrogens is 1. The fourth-order valence-corrected chi connectivity index (χ4v) is 5.77. The van der Waals surface area contributed by atoms with Crippen LogP contribution in [0.3, 0.4) is 0 Å². The lowest BCUT2D eigenvalue weighted by Crippen LogP contribution is -2.30. The van der Waals surface area contributed by atoms with Crippen molar-refractivity contribution in [3.05, 3.63) is 94.1 Å². The molecular formula is C28H24N4O3S. The van der Waals surface area contributed by atoms with Gasteiger partial charge in [0.15, 0.2) is 6.10 Å². The average Bonchev–Trinajstić information content (AvgIpc) is 3.56. The van der Waals surface area contributed by atoms with Crippen molar-refractivity contribution in [3.63, 3.8) is 0 Å². The predicted molar refractivity (Wildman–Crippen MR) is 138 cm³/mol. The number of hydrogen-bond donors (Lipinski definition) is 2. The van der Waals surface area contributed by atoms with Crippen molar-refractivity contribution in [2.75, 3.05) is 5.32 Å². The maximum Gasteiger partial charge on any atom is 0.338 e. The number of esters is 1. The highest BCUT2D eigenvalue weighted by molar-refractivity contribution is 7.16. The van der Waals surface area contributed by atoms with E-state index in [2.05, 4.69) is 33.5 Å². The second-order valence-corrected chi connectivity index (χ2v) is 9.83. The van der Waals surface area contributed by atoms with Gasteiger partial charge >= 0.3 is 5.97 Å². The van der Waals surface area contributed by atoms with E-state index in [0.29, 0.717) is 27.9 Å². The number of fused-ring (bicyclic) bond motifs is 1. The number of amides is 1. The van der Waals surface area contributed by atoms with Crippen LogP contribution in [0, 0.1) is 11.3 Å². The lowest BCUT2D eigenvalue weighted by Gasteiger charge is -2.22. The second-order valence-electron chi connectivity index (χ2n) is 8.72. The van der Waals surface area contributed by atoms with E-state index >= 15 is 0 Å². The smallest absolute Gasteiger partial charge is 0.338 e. The van der Waals surface area contributed by atoms with Crippen molar-refractivity contribution < 1.29 is 14.3 Å². The second kappa shape index (κ2) is 10.2. The van der Waals surface area contributed by atoms with Gasteiger partial charge in [0.1, 0.15) is 16.9 Å². The summed E-state index contributed by atoms with van der Waals surface area (Å²) in [6, 6.07) is 19.4. The van der Waals surface area contributed by atoms with Gasteiger partial charge in [-0.2, -0.15) is 5.26 Å². The number of nitrogens with zero attached hydrogens (tertiary/aromatic N) is 2. The van der Waals surface area contributed by atoms with Crippen LogP contribution < -0.4 is 5.32 Å². The molecule has 0 bridgehead atoms. The number of ether oxygens (including phenoxy) is 1. The van der Waals surface area contributed by atoms with E-state index < -0.39 is 18.0 Å². The molecule has 2 unspecified atom stereocenters. The lowest BCUT2D eigenvalue weighted by molar-refractivity contribution is -0.123. The van der Waals surface area contributed by atoms with Crippen LogP contribution in [0.2, 0.25) is 0 Å². The summed E-state index contributed by atoms with van der Waals surface area (Å²) in [6.45, 7) is 1.52. The zero-order valence-corrected chi connectivity index (χ0v) is 20.5. The van der Waals surface area contributed by atoms with Gasteiger partial charge in [-0.05, 0) is 55.4 Å². The molecule has 0 fully saturated rings. The van der Waals surface area contributed by atoms with Crippen LogP contribution in [0.25, 0.3) is 11.4 Å². The summed E-state index contributed by atoms with van der Waals surface area (Å²) in [5, 5.41) is 13.1. The molecule has 1 aliphatic carbocycles. The molecule has 0 spiro atoms. The third-order valence-corrected chi connectivity index (χ3v) is 7.60. The Hall–Kier alpha value is -4.22. The summed E-state index contributed by atoms with van der Waals surface area (Å²) >= 11 is 1.44. The van der Waals surface area contributed by atoms with Crippen LogP contribution >= 0.6 is 11.3 Å².